The molecule has 4 aromatic rings. The summed E-state index contributed by atoms with van der Waals surface area (Å²) in [5.41, 5.74) is 6.65. The summed E-state index contributed by atoms with van der Waals surface area (Å²) in [6, 6.07) is 25.4. The van der Waals surface area contributed by atoms with E-state index >= 15 is 0 Å². The van der Waals surface area contributed by atoms with Crippen LogP contribution in [0.1, 0.15) is 73.5 Å². The minimum Gasteiger partial charge on any atom is -0.388 e. The van der Waals surface area contributed by atoms with Crippen molar-refractivity contribution in [3.63, 3.8) is 0 Å². The second-order valence-electron chi connectivity index (χ2n) is 9.24. The Hall–Kier alpha value is -4.01. The average molecular weight is 492 g/mol. The fourth-order valence-corrected chi connectivity index (χ4v) is 4.69. The molecule has 0 aliphatic rings. The molecule has 0 saturated heterocycles. The van der Waals surface area contributed by atoms with E-state index in [0.717, 1.165) is 52.3 Å². The number of aromatic nitrogens is 2. The van der Waals surface area contributed by atoms with Crippen molar-refractivity contribution in [1.82, 2.24) is 9.55 Å². The molecule has 0 spiro atoms. The molecule has 37 heavy (non-hydrogen) atoms. The van der Waals surface area contributed by atoms with E-state index in [1.165, 1.54) is 0 Å². The first kappa shape index (κ1) is 26.1. The lowest BCUT2D eigenvalue weighted by molar-refractivity contribution is 0.173. The van der Waals surface area contributed by atoms with Crippen molar-refractivity contribution in [1.29, 1.82) is 5.26 Å². The summed E-state index contributed by atoms with van der Waals surface area (Å²) in [7, 11) is 0. The second-order valence-corrected chi connectivity index (χ2v) is 9.24. The predicted molar refractivity (Wildman–Crippen MR) is 148 cm³/mol. The fourth-order valence-electron chi connectivity index (χ4n) is 4.69. The van der Waals surface area contributed by atoms with E-state index in [1.54, 1.807) is 4.57 Å². The SMILES string of the molecule is CCCc1nc(CC)n(-c2ccc(C(O)CC)cc2)c(=O)c1Cc1ccc(-c2ccccc2C#N)cc1. The van der Waals surface area contributed by atoms with Crippen LogP contribution in [0.3, 0.4) is 0 Å². The van der Waals surface area contributed by atoms with E-state index in [1.807, 2.05) is 86.6 Å². The average Bonchev–Trinajstić information content (AvgIpc) is 2.95. The molecule has 3 aromatic carbocycles. The third kappa shape index (κ3) is 5.55. The maximum Gasteiger partial charge on any atom is 0.261 e. The van der Waals surface area contributed by atoms with Gasteiger partial charge in [0, 0.05) is 18.4 Å². The lowest BCUT2D eigenvalue weighted by Crippen LogP contribution is -2.29. The van der Waals surface area contributed by atoms with Crippen molar-refractivity contribution in [2.24, 2.45) is 0 Å². The van der Waals surface area contributed by atoms with Gasteiger partial charge in [-0.15, -0.1) is 0 Å². The lowest BCUT2D eigenvalue weighted by Gasteiger charge is -2.17. The van der Waals surface area contributed by atoms with Crippen molar-refractivity contribution in [2.45, 2.75) is 59.0 Å². The van der Waals surface area contributed by atoms with Gasteiger partial charge >= 0.3 is 0 Å². The standard InChI is InChI=1S/C32H33N3O2/c1-4-9-29-28(20-22-12-14-23(15-13-22)27-11-8-7-10-25(27)21-33)32(37)35(31(6-3)34-29)26-18-16-24(17-19-26)30(36)5-2/h7-8,10-19,30,36H,4-6,9,20H2,1-3H3. The van der Waals surface area contributed by atoms with Gasteiger partial charge in [0.1, 0.15) is 5.82 Å². The van der Waals surface area contributed by atoms with Crippen LogP contribution in [0.15, 0.2) is 77.6 Å². The quantitative estimate of drug-likeness (QED) is 0.297. The molecule has 0 fully saturated rings. The van der Waals surface area contributed by atoms with E-state index in [2.05, 4.69) is 13.0 Å². The number of aliphatic hydroxyl groups excluding tert-OH is 1. The van der Waals surface area contributed by atoms with E-state index in [-0.39, 0.29) is 5.56 Å². The van der Waals surface area contributed by atoms with Crippen molar-refractivity contribution in [3.05, 3.63) is 117 Å². The number of rotatable bonds is 9. The van der Waals surface area contributed by atoms with Gasteiger partial charge < -0.3 is 5.11 Å². The van der Waals surface area contributed by atoms with Gasteiger partial charge in [0.15, 0.2) is 0 Å². The largest absolute Gasteiger partial charge is 0.388 e. The molecule has 0 radical (unpaired) electrons. The number of hydrogen-bond acceptors (Lipinski definition) is 4. The molecule has 1 unspecified atom stereocenters. The number of aliphatic hydroxyl groups is 1. The minimum atomic E-state index is -0.514. The second kappa shape index (κ2) is 11.8. The van der Waals surface area contributed by atoms with E-state index in [9.17, 15) is 15.2 Å². The Balaban J connectivity index is 1.74. The molecular formula is C32H33N3O2. The van der Waals surface area contributed by atoms with E-state index < -0.39 is 6.10 Å². The first-order valence-electron chi connectivity index (χ1n) is 13.0. The topological polar surface area (TPSA) is 78.9 Å². The van der Waals surface area contributed by atoms with Crippen LogP contribution in [-0.4, -0.2) is 14.7 Å². The number of hydrogen-bond donors (Lipinski definition) is 1. The number of aryl methyl sites for hydroxylation is 2. The molecule has 0 saturated carbocycles. The highest BCUT2D eigenvalue weighted by Gasteiger charge is 2.18. The van der Waals surface area contributed by atoms with Gasteiger partial charge in [-0.05, 0) is 53.3 Å². The van der Waals surface area contributed by atoms with Gasteiger partial charge in [0.25, 0.3) is 5.56 Å². The van der Waals surface area contributed by atoms with Crippen LogP contribution < -0.4 is 5.56 Å². The Bertz CT molecular complexity index is 1460. The Kier molecular flexibility index (Phi) is 8.32. The smallest absolute Gasteiger partial charge is 0.261 e. The van der Waals surface area contributed by atoms with Crippen LogP contribution in [-0.2, 0) is 19.3 Å². The summed E-state index contributed by atoms with van der Waals surface area (Å²) in [6.45, 7) is 6.05. The van der Waals surface area contributed by atoms with Crippen molar-refractivity contribution in [3.8, 4) is 22.9 Å². The van der Waals surface area contributed by atoms with Gasteiger partial charge in [-0.25, -0.2) is 4.98 Å². The summed E-state index contributed by atoms with van der Waals surface area (Å²) in [5, 5.41) is 19.6. The first-order chi connectivity index (χ1) is 18.0. The van der Waals surface area contributed by atoms with Crippen LogP contribution in [0, 0.1) is 11.3 Å². The van der Waals surface area contributed by atoms with Crippen molar-refractivity contribution < 1.29 is 5.11 Å². The van der Waals surface area contributed by atoms with Gasteiger partial charge in [-0.3, -0.25) is 9.36 Å². The molecule has 1 N–H and O–H groups in total. The molecule has 1 atom stereocenters. The van der Waals surface area contributed by atoms with Crippen LogP contribution >= 0.6 is 0 Å². The molecule has 188 valence electrons. The van der Waals surface area contributed by atoms with E-state index in [0.29, 0.717) is 30.4 Å². The zero-order valence-corrected chi connectivity index (χ0v) is 21.7. The molecular weight excluding hydrogens is 458 g/mol. The van der Waals surface area contributed by atoms with Crippen LogP contribution in [0.5, 0.6) is 0 Å². The van der Waals surface area contributed by atoms with Crippen molar-refractivity contribution >= 4 is 0 Å². The first-order valence-corrected chi connectivity index (χ1v) is 13.0. The maximum atomic E-state index is 13.9. The monoisotopic (exact) mass is 491 g/mol. The molecule has 0 bridgehead atoms. The number of benzene rings is 3. The zero-order valence-electron chi connectivity index (χ0n) is 21.7. The van der Waals surface area contributed by atoms with Crippen LogP contribution in [0.4, 0.5) is 0 Å². The highest BCUT2D eigenvalue weighted by molar-refractivity contribution is 5.70. The number of nitrogens with zero attached hydrogens (tertiary/aromatic N) is 3. The van der Waals surface area contributed by atoms with Crippen molar-refractivity contribution in [2.75, 3.05) is 0 Å². The Morgan fingerprint density at radius 2 is 1.68 bits per heavy atom. The van der Waals surface area contributed by atoms with Crippen LogP contribution in [0.25, 0.3) is 16.8 Å². The Labute approximate surface area is 218 Å². The number of nitriles is 1. The Morgan fingerprint density at radius 3 is 2.30 bits per heavy atom. The summed E-state index contributed by atoms with van der Waals surface area (Å²) in [4.78, 5) is 18.9. The van der Waals surface area contributed by atoms with Gasteiger partial charge in [-0.2, -0.15) is 5.26 Å². The molecule has 4 rings (SSSR count). The highest BCUT2D eigenvalue weighted by Crippen LogP contribution is 2.25. The van der Waals surface area contributed by atoms with E-state index in [4.69, 9.17) is 4.98 Å². The zero-order chi connectivity index (χ0) is 26.4. The van der Waals surface area contributed by atoms with Crippen LogP contribution in [0.2, 0.25) is 0 Å². The summed E-state index contributed by atoms with van der Waals surface area (Å²) in [6.07, 6.45) is 2.89. The molecule has 1 aromatic heterocycles. The molecule has 0 amide bonds. The van der Waals surface area contributed by atoms with Gasteiger partial charge in [-0.1, -0.05) is 81.8 Å². The normalized spacial score (nSPS) is 11.8. The highest BCUT2D eigenvalue weighted by atomic mass is 16.3. The molecule has 5 nitrogen and oxygen atoms in total. The maximum absolute atomic E-state index is 13.9. The molecule has 5 heteroatoms. The minimum absolute atomic E-state index is 0.0435. The van der Waals surface area contributed by atoms with Gasteiger partial charge in [0.05, 0.1) is 29.1 Å². The molecule has 0 aliphatic carbocycles. The summed E-state index contributed by atoms with van der Waals surface area (Å²) in [5.74, 6) is 0.740. The molecule has 0 aliphatic heterocycles. The Morgan fingerprint density at radius 1 is 0.973 bits per heavy atom. The van der Waals surface area contributed by atoms with Gasteiger partial charge in [0.2, 0.25) is 0 Å². The summed E-state index contributed by atoms with van der Waals surface area (Å²) >= 11 is 0. The predicted octanol–water partition coefficient (Wildman–Crippen LogP) is 6.32. The fraction of sp³-hybridized carbons (Fsp3) is 0.281. The lowest BCUT2D eigenvalue weighted by atomic mass is 9.97. The third-order valence-electron chi connectivity index (χ3n) is 6.75. The summed E-state index contributed by atoms with van der Waals surface area (Å²) < 4.78 is 1.72. The molecule has 1 heterocycles. The third-order valence-corrected chi connectivity index (χ3v) is 6.75.